The highest BCUT2D eigenvalue weighted by atomic mass is 35.5. The average molecular weight is 270 g/mol. The Morgan fingerprint density at radius 1 is 1.50 bits per heavy atom. The predicted molar refractivity (Wildman–Crippen MR) is 71.7 cm³/mol. The molecule has 18 heavy (non-hydrogen) atoms. The molecule has 4 nitrogen and oxygen atoms in total. The van der Waals surface area contributed by atoms with Gasteiger partial charge in [0.2, 0.25) is 0 Å². The number of aryl methyl sites for hydroxylation is 1. The van der Waals surface area contributed by atoms with Crippen molar-refractivity contribution in [1.82, 2.24) is 14.9 Å². The van der Waals surface area contributed by atoms with Crippen LogP contribution in [0.2, 0.25) is 5.15 Å². The van der Waals surface area contributed by atoms with Crippen LogP contribution >= 0.6 is 11.6 Å². The topological polar surface area (TPSA) is 38.2 Å². The highest BCUT2D eigenvalue weighted by Crippen LogP contribution is 2.15. The summed E-state index contributed by atoms with van der Waals surface area (Å²) in [6, 6.07) is 1.78. The minimum Gasteiger partial charge on any atom is -0.381 e. The highest BCUT2D eigenvalue weighted by Gasteiger charge is 2.16. The number of rotatable bonds is 4. The first-order chi connectivity index (χ1) is 8.63. The molecule has 2 heterocycles. The van der Waals surface area contributed by atoms with Crippen molar-refractivity contribution in [2.45, 2.75) is 26.3 Å². The van der Waals surface area contributed by atoms with E-state index < -0.39 is 0 Å². The Balaban J connectivity index is 1.87. The molecule has 0 N–H and O–H groups in total. The molecular weight excluding hydrogens is 250 g/mol. The van der Waals surface area contributed by atoms with Crippen LogP contribution in [0.15, 0.2) is 6.07 Å². The van der Waals surface area contributed by atoms with E-state index in [1.54, 1.807) is 6.07 Å². The first kappa shape index (κ1) is 13.7. The van der Waals surface area contributed by atoms with Crippen molar-refractivity contribution in [3.05, 3.63) is 22.7 Å². The standard InChI is InChI=1S/C13H20ClN3O/c1-10-6-12(14)16-13(15-10)8-17(2)7-11-4-3-5-18-9-11/h6,11H,3-5,7-9H2,1-2H3. The molecule has 0 spiro atoms. The first-order valence-electron chi connectivity index (χ1n) is 6.40. The van der Waals surface area contributed by atoms with Crippen LogP contribution in [0.4, 0.5) is 0 Å². The van der Waals surface area contributed by atoms with Gasteiger partial charge in [0, 0.05) is 18.8 Å². The smallest absolute Gasteiger partial charge is 0.144 e. The van der Waals surface area contributed by atoms with Crippen molar-refractivity contribution in [1.29, 1.82) is 0 Å². The Labute approximate surface area is 113 Å². The summed E-state index contributed by atoms with van der Waals surface area (Å²) in [7, 11) is 2.09. The summed E-state index contributed by atoms with van der Waals surface area (Å²) >= 11 is 5.94. The fraction of sp³-hybridized carbons (Fsp3) is 0.692. The number of aromatic nitrogens is 2. The van der Waals surface area contributed by atoms with E-state index in [0.717, 1.165) is 37.8 Å². The lowest BCUT2D eigenvalue weighted by Crippen LogP contribution is -2.31. The fourth-order valence-corrected chi connectivity index (χ4v) is 2.61. The normalized spacial score (nSPS) is 20.3. The van der Waals surface area contributed by atoms with Gasteiger partial charge in [0.1, 0.15) is 11.0 Å². The third-order valence-corrected chi connectivity index (χ3v) is 3.30. The van der Waals surface area contributed by atoms with Gasteiger partial charge < -0.3 is 4.74 Å². The Kier molecular flexibility index (Phi) is 4.92. The van der Waals surface area contributed by atoms with Crippen molar-refractivity contribution < 1.29 is 4.74 Å². The summed E-state index contributed by atoms with van der Waals surface area (Å²) in [4.78, 5) is 10.9. The molecule has 1 aliphatic heterocycles. The number of hydrogen-bond acceptors (Lipinski definition) is 4. The summed E-state index contributed by atoms with van der Waals surface area (Å²) < 4.78 is 5.49. The van der Waals surface area contributed by atoms with Crippen LogP contribution in [0.3, 0.4) is 0 Å². The van der Waals surface area contributed by atoms with Crippen molar-refractivity contribution in [3.8, 4) is 0 Å². The van der Waals surface area contributed by atoms with Crippen LogP contribution in [0.5, 0.6) is 0 Å². The zero-order valence-corrected chi connectivity index (χ0v) is 11.8. The second kappa shape index (κ2) is 6.45. The Hall–Kier alpha value is -0.710. The van der Waals surface area contributed by atoms with Crippen LogP contribution in [0.25, 0.3) is 0 Å². The van der Waals surface area contributed by atoms with E-state index in [9.17, 15) is 0 Å². The highest BCUT2D eigenvalue weighted by molar-refractivity contribution is 6.29. The van der Waals surface area contributed by atoms with E-state index in [2.05, 4.69) is 21.9 Å². The van der Waals surface area contributed by atoms with Gasteiger partial charge in [0.05, 0.1) is 13.2 Å². The first-order valence-corrected chi connectivity index (χ1v) is 6.77. The zero-order chi connectivity index (χ0) is 13.0. The fourth-order valence-electron chi connectivity index (χ4n) is 2.36. The van der Waals surface area contributed by atoms with Crippen molar-refractivity contribution in [2.24, 2.45) is 5.92 Å². The van der Waals surface area contributed by atoms with Gasteiger partial charge in [-0.05, 0) is 38.8 Å². The number of halogens is 1. The molecule has 1 unspecified atom stereocenters. The second-order valence-corrected chi connectivity index (χ2v) is 5.42. The Morgan fingerprint density at radius 3 is 3.00 bits per heavy atom. The predicted octanol–water partition coefficient (Wildman–Crippen LogP) is 2.30. The summed E-state index contributed by atoms with van der Waals surface area (Å²) in [6.45, 7) is 5.48. The molecular formula is C13H20ClN3O. The maximum Gasteiger partial charge on any atom is 0.144 e. The van der Waals surface area contributed by atoms with Crippen LogP contribution in [0, 0.1) is 12.8 Å². The van der Waals surface area contributed by atoms with Gasteiger partial charge in [-0.2, -0.15) is 0 Å². The van der Waals surface area contributed by atoms with Gasteiger partial charge in [-0.25, -0.2) is 9.97 Å². The summed E-state index contributed by atoms with van der Waals surface area (Å²) in [6.07, 6.45) is 2.42. The van der Waals surface area contributed by atoms with Gasteiger partial charge in [0.15, 0.2) is 0 Å². The van der Waals surface area contributed by atoms with Crippen LogP contribution in [0.1, 0.15) is 24.4 Å². The molecule has 1 aliphatic rings. The minimum atomic E-state index is 0.520. The maximum absolute atomic E-state index is 5.94. The molecule has 1 aromatic rings. The number of hydrogen-bond donors (Lipinski definition) is 0. The zero-order valence-electron chi connectivity index (χ0n) is 11.0. The largest absolute Gasteiger partial charge is 0.381 e. The third-order valence-electron chi connectivity index (χ3n) is 3.11. The van der Waals surface area contributed by atoms with Crippen LogP contribution in [-0.4, -0.2) is 41.7 Å². The molecule has 2 rings (SSSR count). The summed E-state index contributed by atoms with van der Waals surface area (Å²) in [5.74, 6) is 1.42. The van der Waals surface area contributed by atoms with Crippen molar-refractivity contribution in [2.75, 3.05) is 26.8 Å². The molecule has 5 heteroatoms. The van der Waals surface area contributed by atoms with Crippen molar-refractivity contribution in [3.63, 3.8) is 0 Å². The minimum absolute atomic E-state index is 0.520. The molecule has 1 aromatic heterocycles. The van der Waals surface area contributed by atoms with Crippen LogP contribution in [-0.2, 0) is 11.3 Å². The third kappa shape index (κ3) is 4.19. The molecule has 0 amide bonds. The SMILES string of the molecule is Cc1cc(Cl)nc(CN(C)CC2CCCOC2)n1. The number of ether oxygens (including phenoxy) is 1. The van der Waals surface area contributed by atoms with E-state index in [-0.39, 0.29) is 0 Å². The molecule has 0 radical (unpaired) electrons. The second-order valence-electron chi connectivity index (χ2n) is 5.03. The summed E-state index contributed by atoms with van der Waals surface area (Å²) in [5, 5.41) is 0.520. The van der Waals surface area contributed by atoms with E-state index in [1.807, 2.05) is 6.92 Å². The van der Waals surface area contributed by atoms with E-state index >= 15 is 0 Å². The van der Waals surface area contributed by atoms with E-state index in [1.165, 1.54) is 12.8 Å². The lowest BCUT2D eigenvalue weighted by Gasteiger charge is -2.26. The van der Waals surface area contributed by atoms with Gasteiger partial charge >= 0.3 is 0 Å². The summed E-state index contributed by atoms with van der Waals surface area (Å²) in [5.41, 5.74) is 0.916. The van der Waals surface area contributed by atoms with Gasteiger partial charge in [-0.15, -0.1) is 0 Å². The molecule has 1 atom stereocenters. The molecule has 0 saturated carbocycles. The van der Waals surface area contributed by atoms with E-state index in [0.29, 0.717) is 11.1 Å². The van der Waals surface area contributed by atoms with E-state index in [4.69, 9.17) is 16.3 Å². The Morgan fingerprint density at radius 2 is 2.33 bits per heavy atom. The molecule has 100 valence electrons. The quantitative estimate of drug-likeness (QED) is 0.786. The van der Waals surface area contributed by atoms with Gasteiger partial charge in [-0.3, -0.25) is 4.90 Å². The monoisotopic (exact) mass is 269 g/mol. The van der Waals surface area contributed by atoms with Crippen LogP contribution < -0.4 is 0 Å². The number of nitrogens with zero attached hydrogens (tertiary/aromatic N) is 3. The van der Waals surface area contributed by atoms with Gasteiger partial charge in [0.25, 0.3) is 0 Å². The van der Waals surface area contributed by atoms with Crippen molar-refractivity contribution >= 4 is 11.6 Å². The molecule has 0 aliphatic carbocycles. The molecule has 1 saturated heterocycles. The Bertz CT molecular complexity index is 374. The molecule has 0 bridgehead atoms. The lowest BCUT2D eigenvalue weighted by atomic mass is 10.0. The lowest BCUT2D eigenvalue weighted by molar-refractivity contribution is 0.0408. The molecule has 0 aromatic carbocycles. The molecule has 1 fully saturated rings. The van der Waals surface area contributed by atoms with Gasteiger partial charge in [-0.1, -0.05) is 11.6 Å². The maximum atomic E-state index is 5.94. The average Bonchev–Trinajstić information content (AvgIpc) is 2.28.